The van der Waals surface area contributed by atoms with Crippen LogP contribution < -0.4 is 5.32 Å². The van der Waals surface area contributed by atoms with Gasteiger partial charge in [0, 0.05) is 18.2 Å². The summed E-state index contributed by atoms with van der Waals surface area (Å²) in [5, 5.41) is 6.38. The fraction of sp³-hybridized carbons (Fsp3) is 0.444. The summed E-state index contributed by atoms with van der Waals surface area (Å²) in [6.07, 6.45) is -2.81. The van der Waals surface area contributed by atoms with Crippen LogP contribution in [0.5, 0.6) is 0 Å². The number of rotatable bonds is 6. The Kier molecular flexibility index (Phi) is 5.02. The average molecular weight is 369 g/mol. The molecule has 0 aliphatic heterocycles. The van der Waals surface area contributed by atoms with Gasteiger partial charge in [0.2, 0.25) is 5.91 Å². The molecular formula is C18H19F4N3O. The van der Waals surface area contributed by atoms with E-state index in [1.54, 1.807) is 19.1 Å². The van der Waals surface area contributed by atoms with Crippen LogP contribution in [0.2, 0.25) is 0 Å². The van der Waals surface area contributed by atoms with E-state index in [1.807, 2.05) is 0 Å². The fourth-order valence-corrected chi connectivity index (χ4v) is 2.73. The molecule has 0 spiro atoms. The van der Waals surface area contributed by atoms with E-state index in [9.17, 15) is 22.4 Å². The van der Waals surface area contributed by atoms with Gasteiger partial charge < -0.3 is 5.32 Å². The van der Waals surface area contributed by atoms with Gasteiger partial charge in [-0.3, -0.25) is 9.48 Å². The van der Waals surface area contributed by atoms with E-state index in [-0.39, 0.29) is 30.7 Å². The molecule has 3 rings (SSSR count). The highest BCUT2D eigenvalue weighted by atomic mass is 19.4. The van der Waals surface area contributed by atoms with E-state index in [4.69, 9.17) is 0 Å². The summed E-state index contributed by atoms with van der Waals surface area (Å²) in [6.45, 7) is 1.95. The number of hydrogen-bond acceptors (Lipinski definition) is 2. The Morgan fingerprint density at radius 2 is 1.96 bits per heavy atom. The third-order valence-corrected chi connectivity index (χ3v) is 4.37. The number of nitrogens with one attached hydrogen (secondary N) is 1. The molecule has 26 heavy (non-hydrogen) atoms. The Hall–Kier alpha value is -2.38. The molecule has 1 aliphatic carbocycles. The summed E-state index contributed by atoms with van der Waals surface area (Å²) in [6, 6.07) is 6.81. The fourth-order valence-electron chi connectivity index (χ4n) is 2.73. The summed E-state index contributed by atoms with van der Waals surface area (Å²) >= 11 is 0. The predicted molar refractivity (Wildman–Crippen MR) is 86.6 cm³/mol. The molecule has 0 saturated heterocycles. The van der Waals surface area contributed by atoms with Crippen LogP contribution in [-0.4, -0.2) is 15.7 Å². The van der Waals surface area contributed by atoms with E-state index in [0.29, 0.717) is 5.69 Å². The second-order valence-electron chi connectivity index (χ2n) is 6.65. The molecule has 1 unspecified atom stereocenters. The van der Waals surface area contributed by atoms with Crippen molar-refractivity contribution in [1.82, 2.24) is 15.1 Å². The first-order valence-electron chi connectivity index (χ1n) is 8.41. The summed E-state index contributed by atoms with van der Waals surface area (Å²) in [5.74, 6) is -1.11. The maximum atomic E-state index is 12.9. The molecule has 1 aromatic carbocycles. The van der Waals surface area contributed by atoms with Gasteiger partial charge >= 0.3 is 6.18 Å². The number of halogens is 4. The summed E-state index contributed by atoms with van der Waals surface area (Å²) in [5.41, 5.74) is 0.359. The van der Waals surface area contributed by atoms with Crippen LogP contribution in [-0.2, 0) is 24.1 Å². The van der Waals surface area contributed by atoms with Gasteiger partial charge in [-0.1, -0.05) is 19.1 Å². The van der Waals surface area contributed by atoms with Crippen LogP contribution in [0.3, 0.4) is 0 Å². The molecule has 1 saturated carbocycles. The molecule has 1 fully saturated rings. The summed E-state index contributed by atoms with van der Waals surface area (Å²) in [7, 11) is 0. The zero-order valence-electron chi connectivity index (χ0n) is 14.2. The second-order valence-corrected chi connectivity index (χ2v) is 6.65. The van der Waals surface area contributed by atoms with Gasteiger partial charge in [-0.05, 0) is 36.6 Å². The van der Waals surface area contributed by atoms with E-state index >= 15 is 0 Å². The molecule has 1 aliphatic rings. The molecule has 140 valence electrons. The lowest BCUT2D eigenvalue weighted by Crippen LogP contribution is -2.31. The molecule has 1 amide bonds. The molecule has 1 heterocycles. The van der Waals surface area contributed by atoms with Gasteiger partial charge in [0.05, 0.1) is 12.5 Å². The lowest BCUT2D eigenvalue weighted by Gasteiger charge is -2.14. The number of aromatic nitrogens is 2. The van der Waals surface area contributed by atoms with Gasteiger partial charge in [-0.2, -0.15) is 18.3 Å². The molecule has 8 heteroatoms. The SMILES string of the molecule is CC(Cn1nc(C(F)(F)F)cc1C1CC1)C(=O)NCc1ccc(F)cc1. The molecule has 4 nitrogen and oxygen atoms in total. The molecule has 1 N–H and O–H groups in total. The monoisotopic (exact) mass is 369 g/mol. The second kappa shape index (κ2) is 7.09. The standard InChI is InChI=1S/C18H19F4N3O/c1-11(17(26)23-9-12-2-6-14(19)7-3-12)10-25-15(13-4-5-13)8-16(24-25)18(20,21)22/h2-3,6-8,11,13H,4-5,9-10H2,1H3,(H,23,26). The predicted octanol–water partition coefficient (Wildman–Crippen LogP) is 3.87. The van der Waals surface area contributed by atoms with Crippen molar-refractivity contribution in [2.45, 2.75) is 44.9 Å². The topological polar surface area (TPSA) is 46.9 Å². The number of hydrogen-bond donors (Lipinski definition) is 1. The minimum absolute atomic E-state index is 0.0805. The largest absolute Gasteiger partial charge is 0.435 e. The molecule has 1 aromatic heterocycles. The highest BCUT2D eigenvalue weighted by Gasteiger charge is 2.38. The lowest BCUT2D eigenvalue weighted by atomic mass is 10.1. The Labute approximate surface area is 148 Å². The van der Waals surface area contributed by atoms with Gasteiger partial charge in [0.25, 0.3) is 0 Å². The molecule has 1 atom stereocenters. The van der Waals surface area contributed by atoms with Crippen molar-refractivity contribution in [2.24, 2.45) is 5.92 Å². The third-order valence-electron chi connectivity index (χ3n) is 4.37. The Morgan fingerprint density at radius 3 is 2.54 bits per heavy atom. The molecule has 0 radical (unpaired) electrons. The van der Waals surface area contributed by atoms with Gasteiger partial charge in [0.1, 0.15) is 5.82 Å². The first-order valence-corrected chi connectivity index (χ1v) is 8.41. The highest BCUT2D eigenvalue weighted by molar-refractivity contribution is 5.78. The minimum atomic E-state index is -4.50. The lowest BCUT2D eigenvalue weighted by molar-refractivity contribution is -0.141. The number of amides is 1. The quantitative estimate of drug-likeness (QED) is 0.786. The molecule has 2 aromatic rings. The van der Waals surface area contributed by atoms with Crippen molar-refractivity contribution in [1.29, 1.82) is 0 Å². The number of benzene rings is 1. The van der Waals surface area contributed by atoms with Crippen molar-refractivity contribution >= 4 is 5.91 Å². The Morgan fingerprint density at radius 1 is 1.31 bits per heavy atom. The van der Waals surface area contributed by atoms with Crippen LogP contribution >= 0.6 is 0 Å². The maximum absolute atomic E-state index is 12.9. The Balaban J connectivity index is 1.63. The van der Waals surface area contributed by atoms with Crippen molar-refractivity contribution in [3.63, 3.8) is 0 Å². The van der Waals surface area contributed by atoms with Crippen LogP contribution in [0, 0.1) is 11.7 Å². The van der Waals surface area contributed by atoms with Crippen molar-refractivity contribution in [3.05, 3.63) is 53.1 Å². The zero-order valence-corrected chi connectivity index (χ0v) is 14.2. The zero-order chi connectivity index (χ0) is 18.9. The third kappa shape index (κ3) is 4.42. The smallest absolute Gasteiger partial charge is 0.352 e. The van der Waals surface area contributed by atoms with Crippen molar-refractivity contribution in [3.8, 4) is 0 Å². The van der Waals surface area contributed by atoms with Crippen LogP contribution in [0.4, 0.5) is 17.6 Å². The summed E-state index contributed by atoms with van der Waals surface area (Å²) in [4.78, 5) is 12.2. The van der Waals surface area contributed by atoms with Gasteiger partial charge in [-0.25, -0.2) is 4.39 Å². The normalized spacial score (nSPS) is 15.7. The maximum Gasteiger partial charge on any atom is 0.435 e. The first kappa shape index (κ1) is 18.4. The molecule has 0 bridgehead atoms. The Bertz CT molecular complexity index is 779. The van der Waals surface area contributed by atoms with Crippen LogP contribution in [0.15, 0.2) is 30.3 Å². The number of carbonyl (C=O) groups is 1. The van der Waals surface area contributed by atoms with Gasteiger partial charge in [0.15, 0.2) is 5.69 Å². The summed E-state index contributed by atoms with van der Waals surface area (Å²) < 4.78 is 52.9. The van der Waals surface area contributed by atoms with E-state index in [2.05, 4.69) is 10.4 Å². The van der Waals surface area contributed by atoms with E-state index < -0.39 is 17.8 Å². The number of carbonyl (C=O) groups excluding carboxylic acids is 1. The average Bonchev–Trinajstić information content (AvgIpc) is 3.33. The number of nitrogens with zero attached hydrogens (tertiary/aromatic N) is 2. The van der Waals surface area contributed by atoms with E-state index in [1.165, 1.54) is 16.8 Å². The van der Waals surface area contributed by atoms with Crippen LogP contribution in [0.25, 0.3) is 0 Å². The van der Waals surface area contributed by atoms with Crippen molar-refractivity contribution in [2.75, 3.05) is 0 Å². The van der Waals surface area contributed by atoms with Crippen molar-refractivity contribution < 1.29 is 22.4 Å². The molecular weight excluding hydrogens is 350 g/mol. The first-order chi connectivity index (χ1) is 12.2. The minimum Gasteiger partial charge on any atom is -0.352 e. The van der Waals surface area contributed by atoms with E-state index in [0.717, 1.165) is 24.5 Å². The highest BCUT2D eigenvalue weighted by Crippen LogP contribution is 2.42. The van der Waals surface area contributed by atoms with Crippen LogP contribution in [0.1, 0.15) is 42.6 Å². The van der Waals surface area contributed by atoms with Gasteiger partial charge in [-0.15, -0.1) is 0 Å². The number of alkyl halides is 3.